The molecular weight excluding hydrogens is 492 g/mol. The minimum Gasteiger partial charge on any atom is -0.417 e. The molecule has 2 aromatic carbocycles. The fourth-order valence-corrected chi connectivity index (χ4v) is 5.53. The molecule has 0 fully saturated rings. The van der Waals surface area contributed by atoms with Crippen molar-refractivity contribution in [1.29, 1.82) is 0 Å². The molecule has 196 valence electrons. The first kappa shape index (κ1) is 27.1. The third kappa shape index (κ3) is 7.08. The third-order valence-electron chi connectivity index (χ3n) is 6.50. The number of halogens is 2. The molecule has 1 aliphatic heterocycles. The van der Waals surface area contributed by atoms with Crippen molar-refractivity contribution in [1.82, 2.24) is 15.2 Å². The first-order valence-corrected chi connectivity index (χ1v) is 13.6. The molecule has 8 heteroatoms. The number of aromatic nitrogens is 1. The Morgan fingerprint density at radius 3 is 2.54 bits per heavy atom. The summed E-state index contributed by atoms with van der Waals surface area (Å²) in [5, 5.41) is 3.04. The molecule has 3 aromatic rings. The molecule has 0 saturated carbocycles. The van der Waals surface area contributed by atoms with Crippen LogP contribution in [0.2, 0.25) is 0 Å². The molecule has 2 heterocycles. The van der Waals surface area contributed by atoms with Gasteiger partial charge in [-0.2, -0.15) is 8.78 Å². The molecular formula is C29H33F2N3O2S. The fraction of sp³-hybridized carbons (Fsp3) is 0.379. The SMILES string of the molecule is CCSc1ccc(CNC(=O)c2ccc3c(c2)CCN(Cc2ccc(OC(F)F)nc2)C3C(C)C)cc1. The molecule has 1 atom stereocenters. The smallest absolute Gasteiger partial charge is 0.388 e. The second-order valence-electron chi connectivity index (χ2n) is 9.47. The molecule has 0 spiro atoms. The topological polar surface area (TPSA) is 54.5 Å². The highest BCUT2D eigenvalue weighted by Crippen LogP contribution is 2.36. The number of nitrogens with one attached hydrogen (secondary N) is 1. The maximum Gasteiger partial charge on any atom is 0.388 e. The Morgan fingerprint density at radius 1 is 1.14 bits per heavy atom. The number of alkyl halides is 2. The van der Waals surface area contributed by atoms with Crippen molar-refractivity contribution in [2.75, 3.05) is 12.3 Å². The van der Waals surface area contributed by atoms with E-state index < -0.39 is 6.61 Å². The number of fused-ring (bicyclic) bond motifs is 1. The van der Waals surface area contributed by atoms with Gasteiger partial charge in [0.1, 0.15) is 0 Å². The lowest BCUT2D eigenvalue weighted by Crippen LogP contribution is -2.38. The first-order chi connectivity index (χ1) is 17.8. The monoisotopic (exact) mass is 525 g/mol. The lowest BCUT2D eigenvalue weighted by molar-refractivity contribution is -0.0528. The van der Waals surface area contributed by atoms with Crippen LogP contribution >= 0.6 is 11.8 Å². The van der Waals surface area contributed by atoms with Crippen LogP contribution < -0.4 is 10.1 Å². The van der Waals surface area contributed by atoms with Crippen molar-refractivity contribution >= 4 is 17.7 Å². The van der Waals surface area contributed by atoms with E-state index in [0.717, 1.165) is 29.8 Å². The molecule has 1 N–H and O–H groups in total. The van der Waals surface area contributed by atoms with E-state index in [1.165, 1.54) is 22.1 Å². The Balaban J connectivity index is 1.42. The van der Waals surface area contributed by atoms with Crippen molar-refractivity contribution in [2.24, 2.45) is 5.92 Å². The number of carbonyl (C=O) groups is 1. The predicted molar refractivity (Wildman–Crippen MR) is 143 cm³/mol. The van der Waals surface area contributed by atoms with Crippen LogP contribution in [0.3, 0.4) is 0 Å². The lowest BCUT2D eigenvalue weighted by Gasteiger charge is -2.40. The number of carbonyl (C=O) groups excluding carboxylic acids is 1. The molecule has 1 unspecified atom stereocenters. The molecule has 4 rings (SSSR count). The van der Waals surface area contributed by atoms with E-state index in [1.807, 2.05) is 12.1 Å². The van der Waals surface area contributed by atoms with E-state index in [-0.39, 0.29) is 17.8 Å². The molecule has 1 amide bonds. The van der Waals surface area contributed by atoms with Crippen molar-refractivity contribution in [3.63, 3.8) is 0 Å². The fourth-order valence-electron chi connectivity index (χ4n) is 4.86. The van der Waals surface area contributed by atoms with E-state index >= 15 is 0 Å². The van der Waals surface area contributed by atoms with Gasteiger partial charge in [0.2, 0.25) is 5.88 Å². The maximum absolute atomic E-state index is 12.9. The standard InChI is InChI=1S/C29H33F2N3O2S/c1-4-37-24-9-5-20(6-10-24)16-33-28(35)23-8-11-25-22(15-23)13-14-34(27(25)19(2)3)18-21-7-12-26(32-17-21)36-29(30)31/h5-12,15,17,19,27,29H,4,13-14,16,18H2,1-3H3,(H,33,35). The summed E-state index contributed by atoms with van der Waals surface area (Å²) in [7, 11) is 0. The van der Waals surface area contributed by atoms with Crippen molar-refractivity contribution in [2.45, 2.75) is 57.8 Å². The van der Waals surface area contributed by atoms with Gasteiger partial charge in [0.15, 0.2) is 0 Å². The molecule has 0 aliphatic carbocycles. The van der Waals surface area contributed by atoms with Gasteiger partial charge in [-0.15, -0.1) is 11.8 Å². The van der Waals surface area contributed by atoms with Gasteiger partial charge in [0, 0.05) is 48.4 Å². The quantitative estimate of drug-likeness (QED) is 0.307. The highest BCUT2D eigenvalue weighted by Gasteiger charge is 2.30. The van der Waals surface area contributed by atoms with Crippen molar-refractivity contribution in [3.8, 4) is 5.88 Å². The van der Waals surface area contributed by atoms with Crippen LogP contribution in [0.15, 0.2) is 65.7 Å². The highest BCUT2D eigenvalue weighted by molar-refractivity contribution is 7.99. The summed E-state index contributed by atoms with van der Waals surface area (Å²) in [6.07, 6.45) is 2.42. The summed E-state index contributed by atoms with van der Waals surface area (Å²) in [5.74, 6) is 1.23. The van der Waals surface area contributed by atoms with E-state index in [0.29, 0.717) is 24.6 Å². The highest BCUT2D eigenvalue weighted by atomic mass is 32.2. The average Bonchev–Trinajstić information content (AvgIpc) is 2.88. The second-order valence-corrected chi connectivity index (χ2v) is 10.8. The van der Waals surface area contributed by atoms with Crippen LogP contribution in [0.25, 0.3) is 0 Å². The van der Waals surface area contributed by atoms with Gasteiger partial charge in [-0.1, -0.05) is 45.0 Å². The normalized spacial score (nSPS) is 15.6. The Kier molecular flexibility index (Phi) is 9.16. The van der Waals surface area contributed by atoms with E-state index in [1.54, 1.807) is 24.0 Å². The third-order valence-corrected chi connectivity index (χ3v) is 7.39. The maximum atomic E-state index is 12.9. The number of thioether (sulfide) groups is 1. The second kappa shape index (κ2) is 12.5. The molecule has 0 radical (unpaired) electrons. The van der Waals surface area contributed by atoms with Crippen molar-refractivity contribution < 1.29 is 18.3 Å². The number of pyridine rings is 1. The minimum absolute atomic E-state index is 0.0736. The van der Waals surface area contributed by atoms with Crippen LogP contribution in [0.4, 0.5) is 8.78 Å². The Morgan fingerprint density at radius 2 is 1.89 bits per heavy atom. The Bertz CT molecular complexity index is 1190. The van der Waals surface area contributed by atoms with Crippen molar-refractivity contribution in [3.05, 3.63) is 88.6 Å². The first-order valence-electron chi connectivity index (χ1n) is 12.6. The number of nitrogens with zero attached hydrogens (tertiary/aromatic N) is 2. The number of benzene rings is 2. The largest absolute Gasteiger partial charge is 0.417 e. The molecule has 1 aliphatic rings. The Labute approximate surface area is 221 Å². The van der Waals surface area contributed by atoms with E-state index in [4.69, 9.17) is 0 Å². The summed E-state index contributed by atoms with van der Waals surface area (Å²) in [5.41, 5.74) is 5.11. The lowest BCUT2D eigenvalue weighted by atomic mass is 9.85. The summed E-state index contributed by atoms with van der Waals surface area (Å²) in [6, 6.07) is 17.7. The zero-order valence-electron chi connectivity index (χ0n) is 21.4. The average molecular weight is 526 g/mol. The number of hydrogen-bond acceptors (Lipinski definition) is 5. The summed E-state index contributed by atoms with van der Waals surface area (Å²) >= 11 is 1.80. The van der Waals surface area contributed by atoms with Crippen LogP contribution in [-0.4, -0.2) is 34.7 Å². The zero-order valence-corrected chi connectivity index (χ0v) is 22.2. The van der Waals surface area contributed by atoms with Gasteiger partial charge >= 0.3 is 6.61 Å². The molecule has 37 heavy (non-hydrogen) atoms. The van der Waals surface area contributed by atoms with Crippen LogP contribution in [0.5, 0.6) is 5.88 Å². The van der Waals surface area contributed by atoms with Gasteiger partial charge in [-0.05, 0) is 64.6 Å². The molecule has 1 aromatic heterocycles. The van der Waals surface area contributed by atoms with Gasteiger partial charge in [-0.3, -0.25) is 9.69 Å². The van der Waals surface area contributed by atoms with Gasteiger partial charge in [-0.25, -0.2) is 4.98 Å². The van der Waals surface area contributed by atoms with Gasteiger partial charge in [0.05, 0.1) is 0 Å². The summed E-state index contributed by atoms with van der Waals surface area (Å²) in [4.78, 5) is 20.5. The van der Waals surface area contributed by atoms with E-state index in [2.05, 4.69) is 71.0 Å². The van der Waals surface area contributed by atoms with E-state index in [9.17, 15) is 13.6 Å². The summed E-state index contributed by atoms with van der Waals surface area (Å²) in [6.45, 7) is 5.60. The minimum atomic E-state index is -2.88. The molecule has 0 bridgehead atoms. The number of ether oxygens (including phenoxy) is 1. The van der Waals surface area contributed by atoms with Crippen LogP contribution in [0.1, 0.15) is 59.4 Å². The zero-order chi connectivity index (χ0) is 26.4. The summed E-state index contributed by atoms with van der Waals surface area (Å²) < 4.78 is 29.2. The van der Waals surface area contributed by atoms with Crippen LogP contribution in [0, 0.1) is 5.92 Å². The predicted octanol–water partition coefficient (Wildman–Crippen LogP) is 6.48. The van der Waals surface area contributed by atoms with Gasteiger partial charge in [0.25, 0.3) is 5.91 Å². The van der Waals surface area contributed by atoms with Gasteiger partial charge < -0.3 is 10.1 Å². The van der Waals surface area contributed by atoms with Crippen LogP contribution in [-0.2, 0) is 19.5 Å². The number of rotatable bonds is 10. The molecule has 5 nitrogen and oxygen atoms in total. The number of hydrogen-bond donors (Lipinski definition) is 1. The Hall–Kier alpha value is -2.97. The molecule has 0 saturated heterocycles. The number of amides is 1.